The highest BCUT2D eigenvalue weighted by molar-refractivity contribution is 5.37. The molecular formula is C16H24N2. The molecule has 3 rings (SSSR count). The SMILES string of the molecule is CN[C@H]1c2cc(C)ccc2CC[C@@H]1N1CCCC1. The Kier molecular flexibility index (Phi) is 3.40. The number of aryl methyl sites for hydroxylation is 2. The van der Waals surface area contributed by atoms with Crippen LogP contribution in [0.2, 0.25) is 0 Å². The molecule has 2 aliphatic rings. The fraction of sp³-hybridized carbons (Fsp3) is 0.625. The van der Waals surface area contributed by atoms with Crippen molar-refractivity contribution in [2.75, 3.05) is 20.1 Å². The lowest BCUT2D eigenvalue weighted by Crippen LogP contribution is -2.45. The van der Waals surface area contributed by atoms with E-state index < -0.39 is 0 Å². The Morgan fingerprint density at radius 1 is 1.22 bits per heavy atom. The summed E-state index contributed by atoms with van der Waals surface area (Å²) in [5.41, 5.74) is 4.48. The zero-order valence-corrected chi connectivity index (χ0v) is 11.6. The van der Waals surface area contributed by atoms with E-state index in [2.05, 4.69) is 42.4 Å². The van der Waals surface area contributed by atoms with E-state index in [9.17, 15) is 0 Å². The Labute approximate surface area is 110 Å². The molecule has 0 bridgehead atoms. The molecule has 0 radical (unpaired) electrons. The van der Waals surface area contributed by atoms with Gasteiger partial charge in [-0.25, -0.2) is 0 Å². The van der Waals surface area contributed by atoms with E-state index in [4.69, 9.17) is 0 Å². The number of likely N-dealkylation sites (N-methyl/N-ethyl adjacent to an activating group) is 1. The van der Waals surface area contributed by atoms with Crippen LogP contribution in [0.5, 0.6) is 0 Å². The molecule has 2 atom stereocenters. The minimum absolute atomic E-state index is 0.520. The maximum Gasteiger partial charge on any atom is 0.0478 e. The minimum atomic E-state index is 0.520. The highest BCUT2D eigenvalue weighted by atomic mass is 15.2. The highest BCUT2D eigenvalue weighted by Crippen LogP contribution is 2.34. The first-order valence-corrected chi connectivity index (χ1v) is 7.30. The number of fused-ring (bicyclic) bond motifs is 1. The fourth-order valence-electron chi connectivity index (χ4n) is 3.72. The van der Waals surface area contributed by atoms with Gasteiger partial charge in [-0.05, 0) is 63.9 Å². The average Bonchev–Trinajstić information content (AvgIpc) is 2.91. The lowest BCUT2D eigenvalue weighted by Gasteiger charge is -2.39. The summed E-state index contributed by atoms with van der Waals surface area (Å²) in [7, 11) is 2.12. The first-order valence-electron chi connectivity index (χ1n) is 7.30. The molecule has 1 fully saturated rings. The van der Waals surface area contributed by atoms with E-state index in [1.165, 1.54) is 44.3 Å². The third kappa shape index (κ3) is 2.08. The molecule has 0 saturated carbocycles. The number of nitrogens with zero attached hydrogens (tertiary/aromatic N) is 1. The van der Waals surface area contributed by atoms with Crippen molar-refractivity contribution in [3.63, 3.8) is 0 Å². The third-order valence-electron chi connectivity index (χ3n) is 4.65. The second-order valence-electron chi connectivity index (χ2n) is 5.82. The molecule has 1 saturated heterocycles. The van der Waals surface area contributed by atoms with Gasteiger partial charge in [0.2, 0.25) is 0 Å². The smallest absolute Gasteiger partial charge is 0.0478 e. The van der Waals surface area contributed by atoms with Crippen LogP contribution >= 0.6 is 0 Å². The van der Waals surface area contributed by atoms with Gasteiger partial charge in [-0.3, -0.25) is 4.90 Å². The zero-order valence-electron chi connectivity index (χ0n) is 11.6. The molecule has 2 heteroatoms. The minimum Gasteiger partial charge on any atom is -0.312 e. The molecule has 18 heavy (non-hydrogen) atoms. The Balaban J connectivity index is 1.91. The molecule has 0 unspecified atom stereocenters. The fourth-order valence-corrected chi connectivity index (χ4v) is 3.72. The number of hydrogen-bond acceptors (Lipinski definition) is 2. The van der Waals surface area contributed by atoms with Crippen molar-refractivity contribution >= 4 is 0 Å². The zero-order chi connectivity index (χ0) is 12.5. The molecule has 1 aliphatic carbocycles. The van der Waals surface area contributed by atoms with E-state index in [0.29, 0.717) is 12.1 Å². The summed E-state index contributed by atoms with van der Waals surface area (Å²) >= 11 is 0. The average molecular weight is 244 g/mol. The van der Waals surface area contributed by atoms with Crippen molar-refractivity contribution in [2.45, 2.75) is 44.7 Å². The number of likely N-dealkylation sites (tertiary alicyclic amines) is 1. The lowest BCUT2D eigenvalue weighted by molar-refractivity contribution is 0.176. The predicted octanol–water partition coefficient (Wildman–Crippen LogP) is 2.67. The van der Waals surface area contributed by atoms with Crippen molar-refractivity contribution in [3.8, 4) is 0 Å². The van der Waals surface area contributed by atoms with Gasteiger partial charge in [0.1, 0.15) is 0 Å². The molecule has 0 spiro atoms. The van der Waals surface area contributed by atoms with Gasteiger partial charge in [0.05, 0.1) is 0 Å². The summed E-state index contributed by atoms with van der Waals surface area (Å²) in [5, 5.41) is 3.57. The van der Waals surface area contributed by atoms with E-state index in [1.54, 1.807) is 11.1 Å². The van der Waals surface area contributed by atoms with Crippen molar-refractivity contribution in [1.29, 1.82) is 0 Å². The summed E-state index contributed by atoms with van der Waals surface area (Å²) < 4.78 is 0. The van der Waals surface area contributed by atoms with Gasteiger partial charge in [-0.15, -0.1) is 0 Å². The summed E-state index contributed by atoms with van der Waals surface area (Å²) in [4.78, 5) is 2.70. The number of benzene rings is 1. The van der Waals surface area contributed by atoms with Crippen LogP contribution in [0.1, 0.15) is 42.0 Å². The largest absolute Gasteiger partial charge is 0.312 e. The topological polar surface area (TPSA) is 15.3 Å². The van der Waals surface area contributed by atoms with E-state index in [1.807, 2.05) is 0 Å². The van der Waals surface area contributed by atoms with E-state index in [-0.39, 0.29) is 0 Å². The van der Waals surface area contributed by atoms with E-state index in [0.717, 1.165) is 0 Å². The standard InChI is InChI=1S/C16H24N2/c1-12-5-6-13-7-8-15(18-9-3-4-10-18)16(17-2)14(13)11-12/h5-6,11,15-17H,3-4,7-10H2,1-2H3/t15-,16-/m0/s1. The summed E-state index contributed by atoms with van der Waals surface area (Å²) in [6, 6.07) is 8.19. The number of nitrogens with one attached hydrogen (secondary N) is 1. The summed E-state index contributed by atoms with van der Waals surface area (Å²) in [5.74, 6) is 0. The van der Waals surface area contributed by atoms with Gasteiger partial charge >= 0.3 is 0 Å². The Morgan fingerprint density at radius 3 is 2.72 bits per heavy atom. The van der Waals surface area contributed by atoms with Crippen LogP contribution in [0.3, 0.4) is 0 Å². The quantitative estimate of drug-likeness (QED) is 0.860. The second kappa shape index (κ2) is 5.02. The summed E-state index contributed by atoms with van der Waals surface area (Å²) in [6.07, 6.45) is 5.32. The Bertz CT molecular complexity index is 421. The van der Waals surface area contributed by atoms with Crippen molar-refractivity contribution in [1.82, 2.24) is 10.2 Å². The molecule has 1 N–H and O–H groups in total. The van der Waals surface area contributed by atoms with Gasteiger partial charge in [0.15, 0.2) is 0 Å². The second-order valence-corrected chi connectivity index (χ2v) is 5.82. The number of rotatable bonds is 2. The maximum absolute atomic E-state index is 3.57. The predicted molar refractivity (Wildman–Crippen MR) is 75.9 cm³/mol. The van der Waals surface area contributed by atoms with Crippen LogP contribution in [0.15, 0.2) is 18.2 Å². The normalized spacial score (nSPS) is 28.3. The van der Waals surface area contributed by atoms with Gasteiger partial charge in [0.25, 0.3) is 0 Å². The maximum atomic E-state index is 3.57. The van der Waals surface area contributed by atoms with Crippen molar-refractivity contribution in [2.24, 2.45) is 0 Å². The monoisotopic (exact) mass is 244 g/mol. The van der Waals surface area contributed by atoms with E-state index >= 15 is 0 Å². The Morgan fingerprint density at radius 2 is 2.00 bits per heavy atom. The molecule has 1 heterocycles. The van der Waals surface area contributed by atoms with Crippen LogP contribution in [0.4, 0.5) is 0 Å². The van der Waals surface area contributed by atoms with Gasteiger partial charge in [0, 0.05) is 12.1 Å². The van der Waals surface area contributed by atoms with Crippen LogP contribution in [-0.2, 0) is 6.42 Å². The van der Waals surface area contributed by atoms with Gasteiger partial charge < -0.3 is 5.32 Å². The third-order valence-corrected chi connectivity index (χ3v) is 4.65. The van der Waals surface area contributed by atoms with Crippen LogP contribution < -0.4 is 5.32 Å². The van der Waals surface area contributed by atoms with Crippen molar-refractivity contribution in [3.05, 3.63) is 34.9 Å². The molecule has 1 aromatic rings. The van der Waals surface area contributed by atoms with Crippen LogP contribution in [-0.4, -0.2) is 31.1 Å². The highest BCUT2D eigenvalue weighted by Gasteiger charge is 2.33. The molecule has 2 nitrogen and oxygen atoms in total. The van der Waals surface area contributed by atoms with Gasteiger partial charge in [-0.1, -0.05) is 23.8 Å². The van der Waals surface area contributed by atoms with Crippen molar-refractivity contribution < 1.29 is 0 Å². The molecule has 0 amide bonds. The first-order chi connectivity index (χ1) is 8.79. The molecule has 0 aromatic heterocycles. The Hall–Kier alpha value is -0.860. The van der Waals surface area contributed by atoms with Crippen LogP contribution in [0, 0.1) is 6.92 Å². The molecule has 1 aromatic carbocycles. The molecule has 1 aliphatic heterocycles. The molecule has 98 valence electrons. The lowest BCUT2D eigenvalue weighted by atomic mass is 9.82. The van der Waals surface area contributed by atoms with Crippen LogP contribution in [0.25, 0.3) is 0 Å². The first kappa shape index (κ1) is 12.2. The summed E-state index contributed by atoms with van der Waals surface area (Å²) in [6.45, 7) is 4.79. The van der Waals surface area contributed by atoms with Gasteiger partial charge in [-0.2, -0.15) is 0 Å². The number of hydrogen-bond donors (Lipinski definition) is 1. The molecular weight excluding hydrogens is 220 g/mol.